The molecule has 0 saturated heterocycles. The quantitative estimate of drug-likeness (QED) is 0.927. The van der Waals surface area contributed by atoms with Gasteiger partial charge in [0.05, 0.1) is 0 Å². The number of aromatic nitrogens is 2. The van der Waals surface area contributed by atoms with E-state index in [1.54, 1.807) is 0 Å². The summed E-state index contributed by atoms with van der Waals surface area (Å²) < 4.78 is 0. The van der Waals surface area contributed by atoms with Crippen LogP contribution in [0.4, 0.5) is 17.3 Å². The Labute approximate surface area is 119 Å². The van der Waals surface area contributed by atoms with Gasteiger partial charge in [0.25, 0.3) is 0 Å². The van der Waals surface area contributed by atoms with Gasteiger partial charge in [-0.1, -0.05) is 18.2 Å². The van der Waals surface area contributed by atoms with Crippen molar-refractivity contribution < 1.29 is 0 Å². The van der Waals surface area contributed by atoms with Gasteiger partial charge in [-0.25, -0.2) is 9.97 Å². The van der Waals surface area contributed by atoms with E-state index in [1.165, 1.54) is 11.3 Å². The normalized spacial score (nSPS) is 14.0. The fourth-order valence-electron chi connectivity index (χ4n) is 2.73. The fraction of sp³-hybridized carbons (Fsp3) is 0.375. The second-order valence-electron chi connectivity index (χ2n) is 5.07. The number of fused-ring (bicyclic) bond motifs is 1. The van der Waals surface area contributed by atoms with Crippen molar-refractivity contribution in [3.63, 3.8) is 0 Å². The summed E-state index contributed by atoms with van der Waals surface area (Å²) in [7, 11) is 0. The van der Waals surface area contributed by atoms with Crippen LogP contribution in [0.25, 0.3) is 0 Å². The van der Waals surface area contributed by atoms with Crippen molar-refractivity contribution in [2.75, 3.05) is 23.3 Å². The van der Waals surface area contributed by atoms with Crippen LogP contribution in [0.15, 0.2) is 30.3 Å². The molecular weight excluding hydrogens is 248 g/mol. The maximum Gasteiger partial charge on any atom is 0.138 e. The molecule has 1 N–H and O–H groups in total. The molecule has 3 rings (SSSR count). The van der Waals surface area contributed by atoms with Gasteiger partial charge in [-0.3, -0.25) is 0 Å². The molecule has 104 valence electrons. The van der Waals surface area contributed by atoms with Crippen molar-refractivity contribution in [3.05, 3.63) is 41.7 Å². The molecule has 2 heterocycles. The molecule has 20 heavy (non-hydrogen) atoms. The predicted octanol–water partition coefficient (Wildman–Crippen LogP) is 3.30. The van der Waals surface area contributed by atoms with E-state index in [9.17, 15) is 0 Å². The summed E-state index contributed by atoms with van der Waals surface area (Å²) in [6, 6.07) is 10.6. The Balaban J connectivity index is 2.01. The third-order valence-corrected chi connectivity index (χ3v) is 3.57. The fourth-order valence-corrected chi connectivity index (χ4v) is 2.73. The molecule has 1 aliphatic rings. The van der Waals surface area contributed by atoms with Gasteiger partial charge in [-0.2, -0.15) is 0 Å². The van der Waals surface area contributed by atoms with E-state index in [2.05, 4.69) is 51.4 Å². The number of hydrogen-bond donors (Lipinski definition) is 1. The van der Waals surface area contributed by atoms with E-state index >= 15 is 0 Å². The van der Waals surface area contributed by atoms with Crippen molar-refractivity contribution in [1.29, 1.82) is 0 Å². The summed E-state index contributed by atoms with van der Waals surface area (Å²) >= 11 is 0. The third kappa shape index (κ3) is 2.46. The molecule has 0 saturated carbocycles. The summed E-state index contributed by atoms with van der Waals surface area (Å²) in [6.45, 7) is 5.90. The van der Waals surface area contributed by atoms with E-state index in [0.717, 1.165) is 43.4 Å². The van der Waals surface area contributed by atoms with Gasteiger partial charge >= 0.3 is 0 Å². The molecule has 1 aromatic heterocycles. The van der Waals surface area contributed by atoms with Crippen LogP contribution in [-0.4, -0.2) is 23.1 Å². The number of anilines is 3. The molecule has 2 aromatic rings. The van der Waals surface area contributed by atoms with Gasteiger partial charge in [-0.15, -0.1) is 0 Å². The lowest BCUT2D eigenvalue weighted by molar-refractivity contribution is 0.756. The van der Waals surface area contributed by atoms with Crippen LogP contribution < -0.4 is 10.2 Å². The number of nitrogens with zero attached hydrogens (tertiary/aromatic N) is 3. The maximum atomic E-state index is 4.61. The predicted molar refractivity (Wildman–Crippen MR) is 82.7 cm³/mol. The lowest BCUT2D eigenvalue weighted by Crippen LogP contribution is -2.25. The molecule has 0 unspecified atom stereocenters. The first-order valence-electron chi connectivity index (χ1n) is 7.23. The summed E-state index contributed by atoms with van der Waals surface area (Å²) in [5, 5.41) is 3.27. The minimum Gasteiger partial charge on any atom is -0.370 e. The summed E-state index contributed by atoms with van der Waals surface area (Å²) in [4.78, 5) is 11.3. The molecule has 1 aromatic carbocycles. The van der Waals surface area contributed by atoms with Crippen LogP contribution in [0.2, 0.25) is 0 Å². The van der Waals surface area contributed by atoms with Gasteiger partial charge in [0.1, 0.15) is 17.5 Å². The zero-order valence-electron chi connectivity index (χ0n) is 12.1. The second-order valence-corrected chi connectivity index (χ2v) is 5.07. The van der Waals surface area contributed by atoms with Crippen LogP contribution in [-0.2, 0) is 6.42 Å². The molecular formula is C16H20N4. The lowest BCUT2D eigenvalue weighted by Gasteiger charge is -2.30. The molecule has 1 aliphatic heterocycles. The Bertz CT molecular complexity index is 609. The molecule has 0 radical (unpaired) electrons. The van der Waals surface area contributed by atoms with E-state index in [0.29, 0.717) is 0 Å². The third-order valence-electron chi connectivity index (χ3n) is 3.57. The summed E-state index contributed by atoms with van der Waals surface area (Å²) in [5.74, 6) is 2.69. The molecule has 0 spiro atoms. The van der Waals surface area contributed by atoms with Crippen molar-refractivity contribution in [2.45, 2.75) is 26.7 Å². The van der Waals surface area contributed by atoms with Crippen LogP contribution >= 0.6 is 0 Å². The summed E-state index contributed by atoms with van der Waals surface area (Å²) in [6.07, 6.45) is 2.31. The number of rotatable bonds is 3. The van der Waals surface area contributed by atoms with Crippen molar-refractivity contribution in [1.82, 2.24) is 9.97 Å². The van der Waals surface area contributed by atoms with Gasteiger partial charge in [0, 0.05) is 24.8 Å². The standard InChI is InChI=1S/C16H20N4/c1-3-17-15-11-16(19-12(2)18-15)20-10-6-8-13-7-4-5-9-14(13)20/h4-5,7,9,11H,3,6,8,10H2,1-2H3,(H,17,18,19). The summed E-state index contributed by atoms with van der Waals surface area (Å²) in [5.41, 5.74) is 2.68. The molecule has 0 aliphatic carbocycles. The van der Waals surface area contributed by atoms with E-state index < -0.39 is 0 Å². The first-order chi connectivity index (χ1) is 9.78. The average molecular weight is 268 g/mol. The molecule has 0 bridgehead atoms. The van der Waals surface area contributed by atoms with Crippen molar-refractivity contribution >= 4 is 17.3 Å². The van der Waals surface area contributed by atoms with Gasteiger partial charge < -0.3 is 10.2 Å². The maximum absolute atomic E-state index is 4.61. The minimum atomic E-state index is 0.807. The smallest absolute Gasteiger partial charge is 0.138 e. The van der Waals surface area contributed by atoms with E-state index in [1.807, 2.05) is 13.0 Å². The molecule has 4 nitrogen and oxygen atoms in total. The van der Waals surface area contributed by atoms with Gasteiger partial charge in [-0.05, 0) is 38.3 Å². The van der Waals surface area contributed by atoms with Crippen molar-refractivity contribution in [3.8, 4) is 0 Å². The SMILES string of the molecule is CCNc1cc(N2CCCc3ccccc32)nc(C)n1. The largest absolute Gasteiger partial charge is 0.370 e. The van der Waals surface area contributed by atoms with Crippen LogP contribution in [0.1, 0.15) is 24.7 Å². The first-order valence-corrected chi connectivity index (χ1v) is 7.23. The Hall–Kier alpha value is -2.10. The van der Waals surface area contributed by atoms with E-state index in [-0.39, 0.29) is 0 Å². The Morgan fingerprint density at radius 1 is 1.25 bits per heavy atom. The minimum absolute atomic E-state index is 0.807. The number of benzene rings is 1. The van der Waals surface area contributed by atoms with E-state index in [4.69, 9.17) is 0 Å². The highest BCUT2D eigenvalue weighted by Crippen LogP contribution is 2.32. The van der Waals surface area contributed by atoms with Crippen LogP contribution in [0.5, 0.6) is 0 Å². The highest BCUT2D eigenvalue weighted by molar-refractivity contribution is 5.67. The zero-order valence-corrected chi connectivity index (χ0v) is 12.1. The van der Waals surface area contributed by atoms with Crippen LogP contribution in [0, 0.1) is 6.92 Å². The molecule has 0 atom stereocenters. The Morgan fingerprint density at radius 2 is 2.10 bits per heavy atom. The average Bonchev–Trinajstić information content (AvgIpc) is 2.46. The number of para-hydroxylation sites is 1. The molecule has 0 amide bonds. The van der Waals surface area contributed by atoms with Gasteiger partial charge in [0.15, 0.2) is 0 Å². The highest BCUT2D eigenvalue weighted by Gasteiger charge is 2.19. The molecule has 4 heteroatoms. The van der Waals surface area contributed by atoms with Crippen LogP contribution in [0.3, 0.4) is 0 Å². The first kappa shape index (κ1) is 12.9. The Morgan fingerprint density at radius 3 is 2.95 bits per heavy atom. The number of nitrogens with one attached hydrogen (secondary N) is 1. The molecule has 0 fully saturated rings. The topological polar surface area (TPSA) is 41.0 Å². The monoisotopic (exact) mass is 268 g/mol. The number of hydrogen-bond acceptors (Lipinski definition) is 4. The van der Waals surface area contributed by atoms with Gasteiger partial charge in [0.2, 0.25) is 0 Å². The van der Waals surface area contributed by atoms with Crippen molar-refractivity contribution in [2.24, 2.45) is 0 Å². The lowest BCUT2D eigenvalue weighted by atomic mass is 10.0. The number of aryl methyl sites for hydroxylation is 2. The highest BCUT2D eigenvalue weighted by atomic mass is 15.2. The zero-order chi connectivity index (χ0) is 13.9. The second kappa shape index (κ2) is 5.49. The Kier molecular flexibility index (Phi) is 3.54.